The third kappa shape index (κ3) is 4.93. The molecule has 1 atom stereocenters. The van der Waals surface area contributed by atoms with Crippen LogP contribution in [0.25, 0.3) is 0 Å². The van der Waals surface area contributed by atoms with Gasteiger partial charge in [0, 0.05) is 38.8 Å². The van der Waals surface area contributed by atoms with Crippen LogP contribution in [-0.2, 0) is 19.1 Å². The average molecular weight is 499 g/mol. The van der Waals surface area contributed by atoms with Gasteiger partial charge < -0.3 is 24.2 Å². The number of methoxy groups -OCH3 is 2. The summed E-state index contributed by atoms with van der Waals surface area (Å²) in [4.78, 5) is 48.1. The molecule has 9 nitrogen and oxygen atoms in total. The number of fused-ring (bicyclic) bond motifs is 1. The maximum Gasteiger partial charge on any atom is 0.338 e. The molecule has 0 saturated carbocycles. The number of hydrogen-bond donors (Lipinski definition) is 0. The van der Waals surface area contributed by atoms with E-state index in [1.165, 1.54) is 18.9 Å². The number of hydrogen-bond acceptors (Lipinski definition) is 8. The fourth-order valence-electron chi connectivity index (χ4n) is 4.58. The van der Waals surface area contributed by atoms with Gasteiger partial charge in [0.05, 0.1) is 38.0 Å². The molecule has 0 unspecified atom stereocenters. The highest BCUT2D eigenvalue weighted by atomic mass is 32.2. The lowest BCUT2D eigenvalue weighted by Gasteiger charge is -2.38. The van der Waals surface area contributed by atoms with E-state index in [4.69, 9.17) is 14.5 Å². The Hall–Kier alpha value is -3.27. The topological polar surface area (TPSA) is 91.8 Å². The second-order valence-corrected chi connectivity index (χ2v) is 9.28. The van der Waals surface area contributed by atoms with Gasteiger partial charge in [-0.2, -0.15) is 0 Å². The Morgan fingerprint density at radius 2 is 1.83 bits per heavy atom. The average Bonchev–Trinajstić information content (AvgIpc) is 3.29. The zero-order valence-electron chi connectivity index (χ0n) is 20.4. The number of amidine groups is 1. The standard InChI is InChI=1S/C25H30N4O5S/c1-5-20-22(24(32)34-4)23(17-7-6-8-19(13-17)33-3)29-18(15-35-25(29)26-20)14-21(31)28-11-9-27(10-12-28)16(2)30/h6-8,13,15,23H,5,9-12,14H2,1-4H3/t23-/m0/s1. The van der Waals surface area contributed by atoms with Gasteiger partial charge in [-0.25, -0.2) is 9.79 Å². The second kappa shape index (κ2) is 10.6. The van der Waals surface area contributed by atoms with Gasteiger partial charge in [0.1, 0.15) is 5.75 Å². The van der Waals surface area contributed by atoms with Gasteiger partial charge >= 0.3 is 5.97 Å². The van der Waals surface area contributed by atoms with Crippen molar-refractivity contribution in [2.24, 2.45) is 4.99 Å². The normalized spacial score (nSPS) is 19.8. The Kier molecular flexibility index (Phi) is 7.49. The number of carbonyl (C=O) groups excluding carboxylic acids is 3. The van der Waals surface area contributed by atoms with Crippen molar-refractivity contribution in [1.82, 2.24) is 14.7 Å². The first kappa shape index (κ1) is 24.8. The molecule has 4 rings (SSSR count). The minimum atomic E-state index is -0.497. The molecule has 3 heterocycles. The number of amides is 2. The van der Waals surface area contributed by atoms with Crippen LogP contribution in [-0.4, -0.2) is 78.0 Å². The van der Waals surface area contributed by atoms with Gasteiger partial charge in [-0.1, -0.05) is 30.8 Å². The molecule has 35 heavy (non-hydrogen) atoms. The molecule has 2 amide bonds. The summed E-state index contributed by atoms with van der Waals surface area (Å²) in [6.07, 6.45) is 0.736. The first-order valence-corrected chi connectivity index (χ1v) is 12.5. The molecule has 0 aliphatic carbocycles. The number of aliphatic imine (C=N–C) groups is 1. The molecule has 0 bridgehead atoms. The number of rotatable bonds is 6. The van der Waals surface area contributed by atoms with E-state index in [-0.39, 0.29) is 18.2 Å². The van der Waals surface area contributed by atoms with Crippen LogP contribution in [0.4, 0.5) is 0 Å². The van der Waals surface area contributed by atoms with Crippen LogP contribution in [0.1, 0.15) is 38.3 Å². The summed E-state index contributed by atoms with van der Waals surface area (Å²) in [6, 6.07) is 7.07. The van der Waals surface area contributed by atoms with E-state index in [0.717, 1.165) is 16.4 Å². The summed E-state index contributed by atoms with van der Waals surface area (Å²) in [5, 5.41) is 2.66. The summed E-state index contributed by atoms with van der Waals surface area (Å²) in [7, 11) is 2.97. The molecule has 1 aromatic rings. The van der Waals surface area contributed by atoms with Gasteiger partial charge in [-0.3, -0.25) is 9.59 Å². The van der Waals surface area contributed by atoms with Crippen molar-refractivity contribution in [3.63, 3.8) is 0 Å². The van der Waals surface area contributed by atoms with Crippen LogP contribution < -0.4 is 4.74 Å². The lowest BCUT2D eigenvalue weighted by molar-refractivity contribution is -0.138. The third-order valence-corrected chi connectivity index (χ3v) is 7.34. The third-order valence-electron chi connectivity index (χ3n) is 6.45. The highest BCUT2D eigenvalue weighted by Gasteiger charge is 2.42. The zero-order chi connectivity index (χ0) is 25.1. The number of piperazine rings is 1. The SMILES string of the molecule is CCC1=C(C(=O)OC)[C@H](c2cccc(OC)c2)N2C(CC(=O)N3CCN(C(C)=O)CC3)=CSC2=N1. The minimum Gasteiger partial charge on any atom is -0.497 e. The van der Waals surface area contributed by atoms with Crippen molar-refractivity contribution in [3.8, 4) is 5.75 Å². The fraction of sp³-hybridized carbons (Fsp3) is 0.440. The van der Waals surface area contributed by atoms with Crippen molar-refractivity contribution >= 4 is 34.7 Å². The molecule has 3 aliphatic rings. The fourth-order valence-corrected chi connectivity index (χ4v) is 5.51. The Morgan fingerprint density at radius 1 is 1.11 bits per heavy atom. The number of thioether (sulfide) groups is 1. The number of ether oxygens (including phenoxy) is 2. The van der Waals surface area contributed by atoms with Crippen molar-refractivity contribution in [2.45, 2.75) is 32.7 Å². The maximum absolute atomic E-state index is 13.2. The highest BCUT2D eigenvalue weighted by molar-refractivity contribution is 8.16. The molecule has 186 valence electrons. The molecular weight excluding hydrogens is 468 g/mol. The second-order valence-electron chi connectivity index (χ2n) is 8.44. The molecule has 10 heteroatoms. The molecule has 3 aliphatic heterocycles. The van der Waals surface area contributed by atoms with Crippen molar-refractivity contribution in [2.75, 3.05) is 40.4 Å². The zero-order valence-corrected chi connectivity index (χ0v) is 21.3. The number of nitrogens with zero attached hydrogens (tertiary/aromatic N) is 4. The van der Waals surface area contributed by atoms with Crippen LogP contribution in [0, 0.1) is 0 Å². The monoisotopic (exact) mass is 498 g/mol. The van der Waals surface area contributed by atoms with Gasteiger partial charge in [0.15, 0.2) is 5.17 Å². The van der Waals surface area contributed by atoms with Crippen molar-refractivity contribution in [3.05, 3.63) is 52.2 Å². The number of esters is 1. The Labute approximate surface area is 209 Å². The van der Waals surface area contributed by atoms with E-state index >= 15 is 0 Å². The van der Waals surface area contributed by atoms with Crippen LogP contribution in [0.3, 0.4) is 0 Å². The summed E-state index contributed by atoms with van der Waals surface area (Å²) >= 11 is 1.45. The van der Waals surface area contributed by atoms with Crippen LogP contribution in [0.2, 0.25) is 0 Å². The first-order chi connectivity index (χ1) is 16.9. The molecule has 0 aromatic heterocycles. The number of benzene rings is 1. The minimum absolute atomic E-state index is 0.0180. The predicted octanol–water partition coefficient (Wildman–Crippen LogP) is 2.91. The summed E-state index contributed by atoms with van der Waals surface area (Å²) in [5.74, 6) is 0.234. The molecule has 0 radical (unpaired) electrons. The smallest absolute Gasteiger partial charge is 0.338 e. The summed E-state index contributed by atoms with van der Waals surface area (Å²) in [5.41, 5.74) is 2.75. The molecule has 1 fully saturated rings. The Balaban J connectivity index is 1.65. The lowest BCUT2D eigenvalue weighted by atomic mass is 9.92. The van der Waals surface area contributed by atoms with Crippen molar-refractivity contribution in [1.29, 1.82) is 0 Å². The summed E-state index contributed by atoms with van der Waals surface area (Å²) in [6.45, 7) is 5.59. The van der Waals surface area contributed by atoms with Crippen LogP contribution >= 0.6 is 11.8 Å². The van der Waals surface area contributed by atoms with Gasteiger partial charge in [-0.15, -0.1) is 0 Å². The number of carbonyl (C=O) groups is 3. The number of allylic oxidation sites excluding steroid dienone is 1. The molecule has 1 aromatic carbocycles. The summed E-state index contributed by atoms with van der Waals surface area (Å²) < 4.78 is 10.6. The highest BCUT2D eigenvalue weighted by Crippen LogP contribution is 2.46. The van der Waals surface area contributed by atoms with E-state index in [2.05, 4.69) is 0 Å². The van der Waals surface area contributed by atoms with Crippen molar-refractivity contribution < 1.29 is 23.9 Å². The lowest BCUT2D eigenvalue weighted by Crippen LogP contribution is -2.50. The quantitative estimate of drug-likeness (QED) is 0.557. The van der Waals surface area contributed by atoms with Crippen LogP contribution in [0.15, 0.2) is 51.6 Å². The van der Waals surface area contributed by atoms with Crippen LogP contribution in [0.5, 0.6) is 5.75 Å². The van der Waals surface area contributed by atoms with Gasteiger partial charge in [0.2, 0.25) is 11.8 Å². The van der Waals surface area contributed by atoms with E-state index in [0.29, 0.717) is 49.6 Å². The molecule has 0 spiro atoms. The van der Waals surface area contributed by atoms with Gasteiger partial charge in [0.25, 0.3) is 0 Å². The van der Waals surface area contributed by atoms with E-state index in [9.17, 15) is 14.4 Å². The van der Waals surface area contributed by atoms with E-state index < -0.39 is 12.0 Å². The largest absolute Gasteiger partial charge is 0.497 e. The predicted molar refractivity (Wildman–Crippen MR) is 133 cm³/mol. The Bertz CT molecular complexity index is 1120. The van der Waals surface area contributed by atoms with Gasteiger partial charge in [-0.05, 0) is 29.5 Å². The maximum atomic E-state index is 13.2. The van der Waals surface area contributed by atoms with E-state index in [1.54, 1.807) is 23.8 Å². The van der Waals surface area contributed by atoms with E-state index in [1.807, 2.05) is 41.5 Å². The first-order valence-electron chi connectivity index (χ1n) is 11.6. The molecule has 1 saturated heterocycles. The molecule has 0 N–H and O–H groups in total. The molecular formula is C25H30N4O5S. The Morgan fingerprint density at radius 3 is 2.46 bits per heavy atom.